The fourth-order valence-electron chi connectivity index (χ4n) is 2.62. The van der Waals surface area contributed by atoms with Gasteiger partial charge in [-0.05, 0) is 23.6 Å². The molecule has 2 rings (SSSR count). The van der Waals surface area contributed by atoms with Crippen LogP contribution in [0.3, 0.4) is 0 Å². The van der Waals surface area contributed by atoms with Gasteiger partial charge in [0.05, 0.1) is 0 Å². The van der Waals surface area contributed by atoms with Crippen LogP contribution in [0.5, 0.6) is 0 Å². The van der Waals surface area contributed by atoms with E-state index in [1.54, 1.807) is 12.1 Å². The number of Topliss-reactive ketones (excluding diaryl/α,β-unsaturated/α-hetero) is 1. The van der Waals surface area contributed by atoms with Gasteiger partial charge in [0.25, 0.3) is 0 Å². The van der Waals surface area contributed by atoms with E-state index in [1.807, 2.05) is 0 Å². The third kappa shape index (κ3) is 3.95. The molecule has 17 heavy (non-hydrogen) atoms. The van der Waals surface area contributed by atoms with Crippen molar-refractivity contribution in [1.29, 1.82) is 0 Å². The highest BCUT2D eigenvalue weighted by Crippen LogP contribution is 2.26. The molecule has 0 atom stereocenters. The molecule has 1 nitrogen and oxygen atoms in total. The molecule has 1 aliphatic carbocycles. The molecule has 0 spiro atoms. The Bertz CT molecular complexity index is 363. The lowest BCUT2D eigenvalue weighted by Crippen LogP contribution is -2.13. The van der Waals surface area contributed by atoms with Gasteiger partial charge in [-0.1, -0.05) is 44.2 Å². The number of hydrogen-bond acceptors (Lipinski definition) is 1. The molecule has 0 aromatic heterocycles. The van der Waals surface area contributed by atoms with Crippen LogP contribution >= 0.6 is 0 Å². The van der Waals surface area contributed by atoms with E-state index < -0.39 is 0 Å². The summed E-state index contributed by atoms with van der Waals surface area (Å²) in [5.41, 5.74) is 0.923. The molecule has 0 N–H and O–H groups in total. The summed E-state index contributed by atoms with van der Waals surface area (Å²) in [6.07, 6.45) is 7.43. The lowest BCUT2D eigenvalue weighted by atomic mass is 9.85. The Morgan fingerprint density at radius 1 is 1.12 bits per heavy atom. The van der Waals surface area contributed by atoms with E-state index in [0.29, 0.717) is 24.5 Å². The van der Waals surface area contributed by atoms with Gasteiger partial charge in [0.1, 0.15) is 11.6 Å². The predicted molar refractivity (Wildman–Crippen MR) is 66.3 cm³/mol. The van der Waals surface area contributed by atoms with Gasteiger partial charge in [0.2, 0.25) is 0 Å². The Hall–Kier alpha value is -1.18. The quantitative estimate of drug-likeness (QED) is 0.772. The average Bonchev–Trinajstić information content (AvgIpc) is 2.33. The maximum atomic E-state index is 12.7. The number of ketones is 1. The van der Waals surface area contributed by atoms with Crippen molar-refractivity contribution in [2.24, 2.45) is 5.92 Å². The van der Waals surface area contributed by atoms with Crippen LogP contribution in [0.25, 0.3) is 0 Å². The van der Waals surface area contributed by atoms with E-state index in [0.717, 1.165) is 5.56 Å². The molecule has 0 radical (unpaired) electrons. The van der Waals surface area contributed by atoms with Gasteiger partial charge in [-0.15, -0.1) is 0 Å². The van der Waals surface area contributed by atoms with E-state index >= 15 is 0 Å². The van der Waals surface area contributed by atoms with Crippen LogP contribution in [-0.2, 0) is 11.2 Å². The first kappa shape index (κ1) is 12.3. The van der Waals surface area contributed by atoms with E-state index in [-0.39, 0.29) is 5.82 Å². The summed E-state index contributed by atoms with van der Waals surface area (Å²) in [4.78, 5) is 11.9. The molecule has 1 fully saturated rings. The van der Waals surface area contributed by atoms with Crippen molar-refractivity contribution < 1.29 is 9.18 Å². The molecule has 0 heterocycles. The summed E-state index contributed by atoms with van der Waals surface area (Å²) in [6.45, 7) is 0. The highest BCUT2D eigenvalue weighted by atomic mass is 19.1. The van der Waals surface area contributed by atoms with Crippen LogP contribution in [0.15, 0.2) is 24.3 Å². The zero-order chi connectivity index (χ0) is 12.1. The minimum atomic E-state index is -0.242. The highest BCUT2D eigenvalue weighted by molar-refractivity contribution is 5.81. The lowest BCUT2D eigenvalue weighted by molar-refractivity contribution is -0.119. The first-order valence-corrected chi connectivity index (χ1v) is 6.50. The smallest absolute Gasteiger partial charge is 0.137 e. The molecule has 0 aliphatic heterocycles. The van der Waals surface area contributed by atoms with E-state index in [4.69, 9.17) is 0 Å². The van der Waals surface area contributed by atoms with Crippen LogP contribution in [-0.4, -0.2) is 5.78 Å². The molecule has 1 aromatic carbocycles. The Morgan fingerprint density at radius 3 is 2.41 bits per heavy atom. The van der Waals surface area contributed by atoms with Crippen LogP contribution < -0.4 is 0 Å². The molecule has 1 saturated carbocycles. The van der Waals surface area contributed by atoms with Gasteiger partial charge in [-0.3, -0.25) is 4.79 Å². The highest BCUT2D eigenvalue weighted by Gasteiger charge is 2.16. The third-order valence-corrected chi connectivity index (χ3v) is 3.56. The van der Waals surface area contributed by atoms with Crippen molar-refractivity contribution in [3.63, 3.8) is 0 Å². The average molecular weight is 234 g/mol. The van der Waals surface area contributed by atoms with E-state index in [1.165, 1.54) is 44.2 Å². The maximum absolute atomic E-state index is 12.7. The van der Waals surface area contributed by atoms with Crippen molar-refractivity contribution >= 4 is 5.78 Å². The Labute approximate surface area is 102 Å². The van der Waals surface area contributed by atoms with E-state index in [2.05, 4.69) is 0 Å². The molecular weight excluding hydrogens is 215 g/mol. The van der Waals surface area contributed by atoms with Crippen molar-refractivity contribution in [2.75, 3.05) is 0 Å². The Kier molecular flexibility index (Phi) is 4.29. The SMILES string of the molecule is O=C(Cc1ccc(F)cc1)CC1CCCCC1. The van der Waals surface area contributed by atoms with Gasteiger partial charge in [0, 0.05) is 12.8 Å². The molecule has 2 heteroatoms. The first-order valence-electron chi connectivity index (χ1n) is 6.50. The minimum absolute atomic E-state index is 0.242. The number of rotatable bonds is 4. The van der Waals surface area contributed by atoms with Gasteiger partial charge < -0.3 is 0 Å². The van der Waals surface area contributed by atoms with Gasteiger partial charge in [-0.2, -0.15) is 0 Å². The zero-order valence-electron chi connectivity index (χ0n) is 10.1. The molecule has 0 amide bonds. The van der Waals surface area contributed by atoms with Gasteiger partial charge >= 0.3 is 0 Å². The topological polar surface area (TPSA) is 17.1 Å². The predicted octanol–water partition coefficient (Wildman–Crippen LogP) is 3.91. The maximum Gasteiger partial charge on any atom is 0.137 e. The number of hydrogen-bond donors (Lipinski definition) is 0. The van der Waals surface area contributed by atoms with Crippen molar-refractivity contribution in [2.45, 2.75) is 44.9 Å². The van der Waals surface area contributed by atoms with Crippen molar-refractivity contribution in [3.05, 3.63) is 35.6 Å². The third-order valence-electron chi connectivity index (χ3n) is 3.56. The Morgan fingerprint density at radius 2 is 1.76 bits per heavy atom. The van der Waals surface area contributed by atoms with Crippen LogP contribution in [0, 0.1) is 11.7 Å². The van der Waals surface area contributed by atoms with Crippen LogP contribution in [0.1, 0.15) is 44.1 Å². The summed E-state index contributed by atoms with van der Waals surface area (Å²) >= 11 is 0. The fourth-order valence-corrected chi connectivity index (χ4v) is 2.62. The van der Waals surface area contributed by atoms with Crippen molar-refractivity contribution in [3.8, 4) is 0 Å². The number of halogens is 1. The number of benzene rings is 1. The normalized spacial score (nSPS) is 17.0. The second kappa shape index (κ2) is 5.95. The molecule has 92 valence electrons. The zero-order valence-corrected chi connectivity index (χ0v) is 10.1. The largest absolute Gasteiger partial charge is 0.299 e. The minimum Gasteiger partial charge on any atom is -0.299 e. The summed E-state index contributed by atoms with van der Waals surface area (Å²) in [6, 6.07) is 6.24. The number of carbonyl (C=O) groups is 1. The number of carbonyl (C=O) groups excluding carboxylic acids is 1. The summed E-state index contributed by atoms with van der Waals surface area (Å²) in [5, 5.41) is 0. The summed E-state index contributed by atoms with van der Waals surface area (Å²) < 4.78 is 12.7. The van der Waals surface area contributed by atoms with Crippen LogP contribution in [0.2, 0.25) is 0 Å². The van der Waals surface area contributed by atoms with Crippen LogP contribution in [0.4, 0.5) is 4.39 Å². The molecular formula is C15H19FO. The molecule has 0 bridgehead atoms. The molecule has 0 saturated heterocycles. The fraction of sp³-hybridized carbons (Fsp3) is 0.533. The Balaban J connectivity index is 1.82. The van der Waals surface area contributed by atoms with E-state index in [9.17, 15) is 9.18 Å². The lowest BCUT2D eigenvalue weighted by Gasteiger charge is -2.20. The summed E-state index contributed by atoms with van der Waals surface area (Å²) in [5.74, 6) is 0.647. The standard InChI is InChI=1S/C15H19FO/c16-14-8-6-13(7-9-14)11-15(17)10-12-4-2-1-3-5-12/h6-9,12H,1-5,10-11H2. The molecule has 1 aliphatic rings. The monoisotopic (exact) mass is 234 g/mol. The first-order chi connectivity index (χ1) is 8.24. The van der Waals surface area contributed by atoms with Crippen molar-refractivity contribution in [1.82, 2.24) is 0 Å². The van der Waals surface area contributed by atoms with Gasteiger partial charge in [0.15, 0.2) is 0 Å². The second-order valence-corrected chi connectivity index (χ2v) is 5.05. The van der Waals surface area contributed by atoms with Gasteiger partial charge in [-0.25, -0.2) is 4.39 Å². The molecule has 1 aromatic rings. The second-order valence-electron chi connectivity index (χ2n) is 5.05. The summed E-state index contributed by atoms with van der Waals surface area (Å²) in [7, 11) is 0. The molecule has 0 unspecified atom stereocenters.